The highest BCUT2D eigenvalue weighted by atomic mass is 16.2. The van der Waals surface area contributed by atoms with Gasteiger partial charge in [-0.25, -0.2) is 0 Å². The van der Waals surface area contributed by atoms with Gasteiger partial charge in [-0.3, -0.25) is 19.2 Å². The van der Waals surface area contributed by atoms with Gasteiger partial charge in [0.05, 0.1) is 13.1 Å². The van der Waals surface area contributed by atoms with Crippen molar-refractivity contribution in [1.29, 1.82) is 0 Å². The molecule has 0 saturated carbocycles. The molecule has 4 rings (SSSR count). The highest BCUT2D eigenvalue weighted by Gasteiger charge is 2.33. The van der Waals surface area contributed by atoms with Gasteiger partial charge in [0.15, 0.2) is 5.78 Å². The molecule has 2 heterocycles. The van der Waals surface area contributed by atoms with Gasteiger partial charge in [-0.1, -0.05) is 32.0 Å². The second-order valence-corrected chi connectivity index (χ2v) is 10.8. The van der Waals surface area contributed by atoms with Crippen LogP contribution in [0, 0.1) is 5.92 Å². The van der Waals surface area contributed by atoms with Crippen LogP contribution in [0.4, 0.5) is 5.69 Å². The first-order chi connectivity index (χ1) is 18.2. The molecular formula is C30H38N4O4. The Kier molecular flexibility index (Phi) is 8.81. The van der Waals surface area contributed by atoms with Crippen molar-refractivity contribution in [2.45, 2.75) is 58.5 Å². The van der Waals surface area contributed by atoms with Gasteiger partial charge >= 0.3 is 0 Å². The fourth-order valence-electron chi connectivity index (χ4n) is 5.16. The summed E-state index contributed by atoms with van der Waals surface area (Å²) in [6, 6.07) is 13.6. The van der Waals surface area contributed by atoms with Crippen molar-refractivity contribution < 1.29 is 19.2 Å². The molecule has 202 valence electrons. The van der Waals surface area contributed by atoms with Gasteiger partial charge in [0.1, 0.15) is 6.04 Å². The summed E-state index contributed by atoms with van der Waals surface area (Å²) in [5.74, 6) is -0.762. The van der Waals surface area contributed by atoms with Gasteiger partial charge in [-0.05, 0) is 74.4 Å². The van der Waals surface area contributed by atoms with Gasteiger partial charge in [0, 0.05) is 35.9 Å². The van der Waals surface area contributed by atoms with E-state index in [-0.39, 0.29) is 48.6 Å². The molecule has 8 nitrogen and oxygen atoms in total. The number of carbonyl (C=O) groups is 4. The maximum Gasteiger partial charge on any atom is 0.254 e. The molecule has 2 aliphatic rings. The van der Waals surface area contributed by atoms with Crippen molar-refractivity contribution in [1.82, 2.24) is 15.1 Å². The van der Waals surface area contributed by atoms with Gasteiger partial charge in [0.25, 0.3) is 11.8 Å². The smallest absolute Gasteiger partial charge is 0.254 e. The minimum atomic E-state index is -0.735. The zero-order valence-corrected chi connectivity index (χ0v) is 22.5. The second-order valence-electron chi connectivity index (χ2n) is 10.8. The van der Waals surface area contributed by atoms with E-state index in [1.807, 2.05) is 39.0 Å². The quantitative estimate of drug-likeness (QED) is 0.610. The largest absolute Gasteiger partial charge is 0.385 e. The van der Waals surface area contributed by atoms with Gasteiger partial charge in [0.2, 0.25) is 5.91 Å². The number of anilines is 1. The fourth-order valence-corrected chi connectivity index (χ4v) is 5.16. The first-order valence-corrected chi connectivity index (χ1v) is 13.6. The van der Waals surface area contributed by atoms with Crippen LogP contribution in [-0.4, -0.2) is 71.6 Å². The Hall–Kier alpha value is -3.68. The molecule has 0 bridgehead atoms. The Morgan fingerprint density at radius 3 is 2.55 bits per heavy atom. The third-order valence-electron chi connectivity index (χ3n) is 7.27. The summed E-state index contributed by atoms with van der Waals surface area (Å²) in [6.45, 7) is 7.03. The summed E-state index contributed by atoms with van der Waals surface area (Å²) in [5.41, 5.74) is 3.23. The van der Waals surface area contributed by atoms with E-state index < -0.39 is 6.04 Å². The number of carbonyl (C=O) groups excluding carboxylic acids is 4. The molecule has 2 N–H and O–H groups in total. The standard InChI is InChI=1S/C30H38N4O4/c1-20(2)16-27(32-28(36)24-11-12-26-23(17-24)10-7-14-31-26)30(38)33-15-13-21(3)34(19-25(35)18-33)29(37)22-8-5-4-6-9-22/h4-6,8-9,11-12,17,20-21,27,31H,7,10,13-16,18-19H2,1-3H3,(H,32,36)/t21-,27-/m0/s1. The van der Waals surface area contributed by atoms with Crippen LogP contribution in [-0.2, 0) is 16.0 Å². The van der Waals surface area contributed by atoms with Crippen molar-refractivity contribution in [3.8, 4) is 0 Å². The molecular weight excluding hydrogens is 480 g/mol. The Bertz CT molecular complexity index is 1180. The molecule has 0 aromatic heterocycles. The number of nitrogens with one attached hydrogen (secondary N) is 2. The topological polar surface area (TPSA) is 98.8 Å². The lowest BCUT2D eigenvalue weighted by molar-refractivity contribution is -0.138. The molecule has 0 radical (unpaired) electrons. The molecule has 2 aliphatic heterocycles. The average molecular weight is 519 g/mol. The Morgan fingerprint density at radius 2 is 1.82 bits per heavy atom. The zero-order chi connectivity index (χ0) is 27.2. The molecule has 3 amide bonds. The van der Waals surface area contributed by atoms with Crippen molar-refractivity contribution >= 4 is 29.2 Å². The normalized spacial score (nSPS) is 18.6. The van der Waals surface area contributed by atoms with Crippen LogP contribution in [0.3, 0.4) is 0 Å². The number of fused-ring (bicyclic) bond motifs is 1. The highest BCUT2D eigenvalue weighted by molar-refractivity contribution is 6.00. The minimum absolute atomic E-state index is 0.0525. The average Bonchev–Trinajstić information content (AvgIpc) is 2.91. The van der Waals surface area contributed by atoms with Crippen LogP contribution in [0.2, 0.25) is 0 Å². The number of nitrogens with zero attached hydrogens (tertiary/aromatic N) is 2. The number of Topliss-reactive ketones (excluding diaryl/α,β-unsaturated/α-hetero) is 1. The third kappa shape index (κ3) is 6.60. The molecule has 0 unspecified atom stereocenters. The van der Waals surface area contributed by atoms with E-state index in [0.717, 1.165) is 30.6 Å². The van der Waals surface area contributed by atoms with E-state index in [9.17, 15) is 19.2 Å². The first-order valence-electron chi connectivity index (χ1n) is 13.6. The van der Waals surface area contributed by atoms with E-state index in [1.165, 1.54) is 0 Å². The summed E-state index contributed by atoms with van der Waals surface area (Å²) in [6.07, 6.45) is 2.94. The number of amides is 3. The molecule has 2 atom stereocenters. The Balaban J connectivity index is 1.45. The maximum absolute atomic E-state index is 13.7. The number of rotatable bonds is 6. The fraction of sp³-hybridized carbons (Fsp3) is 0.467. The monoisotopic (exact) mass is 518 g/mol. The molecule has 2 aromatic rings. The van der Waals surface area contributed by atoms with E-state index in [0.29, 0.717) is 30.5 Å². The predicted octanol–water partition coefficient (Wildman–Crippen LogP) is 3.52. The van der Waals surface area contributed by atoms with Crippen LogP contribution in [0.5, 0.6) is 0 Å². The SMILES string of the molecule is CC(C)C[C@H](NC(=O)c1ccc2c(c1)CCCN2)C(=O)N1CC[C@H](C)N(C(=O)c2ccccc2)CC(=O)C1. The molecule has 1 fully saturated rings. The summed E-state index contributed by atoms with van der Waals surface area (Å²) < 4.78 is 0. The maximum atomic E-state index is 13.7. The van der Waals surface area contributed by atoms with Crippen LogP contribution in [0.15, 0.2) is 48.5 Å². The Labute approximate surface area is 224 Å². The van der Waals surface area contributed by atoms with Crippen molar-refractivity contribution in [2.24, 2.45) is 5.92 Å². The van der Waals surface area contributed by atoms with Gasteiger partial charge in [-0.15, -0.1) is 0 Å². The van der Waals surface area contributed by atoms with E-state index >= 15 is 0 Å². The van der Waals surface area contributed by atoms with Gasteiger partial charge < -0.3 is 20.4 Å². The van der Waals surface area contributed by atoms with Crippen LogP contribution in [0.25, 0.3) is 0 Å². The number of hydrogen-bond acceptors (Lipinski definition) is 5. The molecule has 8 heteroatoms. The molecule has 1 saturated heterocycles. The number of ketones is 1. The molecule has 0 spiro atoms. The van der Waals surface area contributed by atoms with Crippen LogP contribution < -0.4 is 10.6 Å². The number of aryl methyl sites for hydroxylation is 1. The van der Waals surface area contributed by atoms with Crippen molar-refractivity contribution in [3.63, 3.8) is 0 Å². The van der Waals surface area contributed by atoms with E-state index in [4.69, 9.17) is 0 Å². The lowest BCUT2D eigenvalue weighted by atomic mass is 9.99. The second kappa shape index (κ2) is 12.2. The Morgan fingerprint density at radius 1 is 1.05 bits per heavy atom. The minimum Gasteiger partial charge on any atom is -0.385 e. The van der Waals surface area contributed by atoms with Gasteiger partial charge in [-0.2, -0.15) is 0 Å². The molecule has 2 aromatic carbocycles. The first kappa shape index (κ1) is 27.4. The molecule has 0 aliphatic carbocycles. The lowest BCUT2D eigenvalue weighted by Crippen LogP contribution is -2.54. The summed E-state index contributed by atoms with van der Waals surface area (Å²) in [4.78, 5) is 56.0. The number of hydrogen-bond donors (Lipinski definition) is 2. The number of benzene rings is 2. The van der Waals surface area contributed by atoms with Crippen molar-refractivity contribution in [2.75, 3.05) is 31.5 Å². The summed E-state index contributed by atoms with van der Waals surface area (Å²) in [7, 11) is 0. The van der Waals surface area contributed by atoms with E-state index in [1.54, 1.807) is 40.1 Å². The lowest BCUT2D eigenvalue weighted by Gasteiger charge is -2.36. The summed E-state index contributed by atoms with van der Waals surface area (Å²) in [5, 5.41) is 6.30. The summed E-state index contributed by atoms with van der Waals surface area (Å²) >= 11 is 0. The predicted molar refractivity (Wildman–Crippen MR) is 147 cm³/mol. The highest BCUT2D eigenvalue weighted by Crippen LogP contribution is 2.23. The zero-order valence-electron chi connectivity index (χ0n) is 22.5. The van der Waals surface area contributed by atoms with E-state index in [2.05, 4.69) is 10.6 Å². The van der Waals surface area contributed by atoms with Crippen LogP contribution >= 0.6 is 0 Å². The van der Waals surface area contributed by atoms with Crippen LogP contribution in [0.1, 0.15) is 66.3 Å². The van der Waals surface area contributed by atoms with Crippen molar-refractivity contribution in [3.05, 3.63) is 65.2 Å². The molecule has 38 heavy (non-hydrogen) atoms. The third-order valence-corrected chi connectivity index (χ3v) is 7.27.